The van der Waals surface area contributed by atoms with Crippen LogP contribution >= 0.6 is 0 Å². The van der Waals surface area contributed by atoms with Gasteiger partial charge in [-0.3, -0.25) is 4.79 Å². The zero-order valence-corrected chi connectivity index (χ0v) is 11.4. The van der Waals surface area contributed by atoms with Gasteiger partial charge < -0.3 is 9.88 Å². The first-order chi connectivity index (χ1) is 9.31. The van der Waals surface area contributed by atoms with Crippen molar-refractivity contribution in [3.05, 3.63) is 46.2 Å². The Kier molecular flexibility index (Phi) is 3.38. The first-order valence-corrected chi connectivity index (χ1v) is 7.14. The average molecular weight is 256 g/mol. The van der Waals surface area contributed by atoms with E-state index in [2.05, 4.69) is 17.4 Å². The van der Waals surface area contributed by atoms with E-state index in [1.54, 1.807) is 0 Å². The Balaban J connectivity index is 2.19. The number of hydrogen-bond donors (Lipinski definition) is 1. The Hall–Kier alpha value is -1.61. The second kappa shape index (κ2) is 5.17. The monoisotopic (exact) mass is 256 g/mol. The molecule has 1 aromatic carbocycles. The molecule has 1 fully saturated rings. The van der Waals surface area contributed by atoms with E-state index in [9.17, 15) is 4.79 Å². The quantitative estimate of drug-likeness (QED) is 0.895. The highest BCUT2D eigenvalue weighted by Gasteiger charge is 2.20. The molecule has 0 amide bonds. The number of pyridine rings is 1. The van der Waals surface area contributed by atoms with Gasteiger partial charge in [0.1, 0.15) is 0 Å². The van der Waals surface area contributed by atoms with E-state index >= 15 is 0 Å². The van der Waals surface area contributed by atoms with Gasteiger partial charge in [-0.15, -0.1) is 0 Å². The molecule has 1 aliphatic rings. The van der Waals surface area contributed by atoms with Crippen LogP contribution in [0.2, 0.25) is 0 Å². The van der Waals surface area contributed by atoms with E-state index in [1.807, 2.05) is 29.7 Å². The van der Waals surface area contributed by atoms with Gasteiger partial charge in [0.2, 0.25) is 0 Å². The van der Waals surface area contributed by atoms with Gasteiger partial charge in [-0.2, -0.15) is 0 Å². The van der Waals surface area contributed by atoms with Gasteiger partial charge in [0.15, 0.2) is 0 Å². The molecule has 0 saturated carbocycles. The molecule has 1 aromatic heterocycles. The third-order valence-electron chi connectivity index (χ3n) is 4.13. The average Bonchev–Trinajstić information content (AvgIpc) is 2.47. The van der Waals surface area contributed by atoms with Gasteiger partial charge in [0.25, 0.3) is 5.56 Å². The van der Waals surface area contributed by atoms with E-state index in [-0.39, 0.29) is 5.56 Å². The molecule has 1 aliphatic heterocycles. The van der Waals surface area contributed by atoms with Gasteiger partial charge in [-0.05, 0) is 56.3 Å². The Labute approximate surface area is 113 Å². The molecule has 2 aromatic rings. The number of aryl methyl sites for hydroxylation is 1. The topological polar surface area (TPSA) is 34.0 Å². The largest absolute Gasteiger partial charge is 0.317 e. The first-order valence-electron chi connectivity index (χ1n) is 7.14. The fourth-order valence-corrected chi connectivity index (χ4v) is 3.09. The van der Waals surface area contributed by atoms with E-state index < -0.39 is 0 Å². The number of aromatic nitrogens is 1. The summed E-state index contributed by atoms with van der Waals surface area (Å²) in [5.74, 6) is 0.413. The van der Waals surface area contributed by atoms with Crippen LogP contribution in [0.1, 0.15) is 31.2 Å². The summed E-state index contributed by atoms with van der Waals surface area (Å²) in [5.41, 5.74) is 2.25. The van der Waals surface area contributed by atoms with Crippen molar-refractivity contribution >= 4 is 10.9 Å². The van der Waals surface area contributed by atoms with Gasteiger partial charge >= 0.3 is 0 Å². The molecule has 0 unspecified atom stereocenters. The van der Waals surface area contributed by atoms with Crippen molar-refractivity contribution in [2.45, 2.75) is 32.2 Å². The number of fused-ring (bicyclic) bond motifs is 1. The molecule has 0 spiro atoms. The SMILES string of the molecule is CCn1c(=O)c(C2CCNCC2)cc2ccccc21. The summed E-state index contributed by atoms with van der Waals surface area (Å²) in [6.45, 7) is 4.81. The molecule has 1 N–H and O–H groups in total. The van der Waals surface area contributed by atoms with Crippen LogP contribution in [0.15, 0.2) is 35.1 Å². The highest BCUT2D eigenvalue weighted by molar-refractivity contribution is 5.79. The predicted molar refractivity (Wildman–Crippen MR) is 78.7 cm³/mol. The Morgan fingerprint density at radius 3 is 2.74 bits per heavy atom. The molecule has 3 heteroatoms. The van der Waals surface area contributed by atoms with Crippen molar-refractivity contribution in [1.29, 1.82) is 0 Å². The molecule has 19 heavy (non-hydrogen) atoms. The van der Waals surface area contributed by atoms with Crippen molar-refractivity contribution in [3.8, 4) is 0 Å². The van der Waals surface area contributed by atoms with Crippen molar-refractivity contribution in [3.63, 3.8) is 0 Å². The fraction of sp³-hybridized carbons (Fsp3) is 0.438. The van der Waals surface area contributed by atoms with Crippen LogP contribution in [0.3, 0.4) is 0 Å². The van der Waals surface area contributed by atoms with Gasteiger partial charge in [0.05, 0.1) is 5.52 Å². The lowest BCUT2D eigenvalue weighted by atomic mass is 9.90. The number of benzene rings is 1. The van der Waals surface area contributed by atoms with E-state index in [4.69, 9.17) is 0 Å². The summed E-state index contributed by atoms with van der Waals surface area (Å²) in [7, 11) is 0. The number of para-hydroxylation sites is 1. The predicted octanol–water partition coefficient (Wildman–Crippen LogP) is 2.49. The van der Waals surface area contributed by atoms with Gasteiger partial charge in [-0.25, -0.2) is 0 Å². The van der Waals surface area contributed by atoms with E-state index in [1.165, 1.54) is 5.39 Å². The first kappa shape index (κ1) is 12.4. The minimum Gasteiger partial charge on any atom is -0.317 e. The van der Waals surface area contributed by atoms with Crippen LogP contribution in [-0.2, 0) is 6.54 Å². The number of hydrogen-bond acceptors (Lipinski definition) is 2. The van der Waals surface area contributed by atoms with Crippen molar-refractivity contribution in [1.82, 2.24) is 9.88 Å². The summed E-state index contributed by atoms with van der Waals surface area (Å²) < 4.78 is 1.91. The smallest absolute Gasteiger partial charge is 0.254 e. The lowest BCUT2D eigenvalue weighted by Crippen LogP contribution is -2.31. The van der Waals surface area contributed by atoms with Crippen molar-refractivity contribution < 1.29 is 0 Å². The molecular weight excluding hydrogens is 236 g/mol. The summed E-state index contributed by atoms with van der Waals surface area (Å²) in [5, 5.41) is 4.54. The molecule has 3 rings (SSSR count). The molecule has 0 bridgehead atoms. The molecule has 0 aliphatic carbocycles. The van der Waals surface area contributed by atoms with Crippen LogP contribution in [0.5, 0.6) is 0 Å². The number of nitrogens with zero attached hydrogens (tertiary/aromatic N) is 1. The van der Waals surface area contributed by atoms with Crippen LogP contribution < -0.4 is 10.9 Å². The maximum atomic E-state index is 12.7. The lowest BCUT2D eigenvalue weighted by Gasteiger charge is -2.23. The third kappa shape index (κ3) is 2.19. The summed E-state index contributed by atoms with van der Waals surface area (Å²) in [4.78, 5) is 12.7. The number of piperidine rings is 1. The second-order valence-electron chi connectivity index (χ2n) is 5.23. The molecule has 100 valence electrons. The molecule has 1 saturated heterocycles. The van der Waals surface area contributed by atoms with Crippen LogP contribution in [-0.4, -0.2) is 17.7 Å². The second-order valence-corrected chi connectivity index (χ2v) is 5.23. The van der Waals surface area contributed by atoms with Crippen LogP contribution in [0, 0.1) is 0 Å². The Morgan fingerprint density at radius 2 is 2.00 bits per heavy atom. The minimum absolute atomic E-state index is 0.202. The Bertz CT molecular complexity index is 639. The lowest BCUT2D eigenvalue weighted by molar-refractivity contribution is 0.456. The van der Waals surface area contributed by atoms with E-state index in [0.717, 1.165) is 43.6 Å². The highest BCUT2D eigenvalue weighted by atomic mass is 16.1. The number of rotatable bonds is 2. The number of nitrogens with one attached hydrogen (secondary N) is 1. The third-order valence-corrected chi connectivity index (χ3v) is 4.13. The zero-order valence-electron chi connectivity index (χ0n) is 11.4. The minimum atomic E-state index is 0.202. The summed E-state index contributed by atoms with van der Waals surface area (Å²) >= 11 is 0. The zero-order chi connectivity index (χ0) is 13.2. The maximum Gasteiger partial charge on any atom is 0.254 e. The molecular formula is C16H20N2O. The van der Waals surface area contributed by atoms with Crippen molar-refractivity contribution in [2.75, 3.05) is 13.1 Å². The molecule has 0 radical (unpaired) electrons. The standard InChI is InChI=1S/C16H20N2O/c1-2-18-15-6-4-3-5-13(15)11-14(16(18)19)12-7-9-17-10-8-12/h3-6,11-12,17H,2,7-10H2,1H3. The van der Waals surface area contributed by atoms with Gasteiger partial charge in [-0.1, -0.05) is 18.2 Å². The molecule has 2 heterocycles. The van der Waals surface area contributed by atoms with Crippen molar-refractivity contribution in [2.24, 2.45) is 0 Å². The summed E-state index contributed by atoms with van der Waals surface area (Å²) in [6, 6.07) is 10.3. The molecule has 0 atom stereocenters. The summed E-state index contributed by atoms with van der Waals surface area (Å²) in [6.07, 6.45) is 2.13. The van der Waals surface area contributed by atoms with Gasteiger partial charge in [0, 0.05) is 12.1 Å². The van der Waals surface area contributed by atoms with Crippen LogP contribution in [0.4, 0.5) is 0 Å². The normalized spacial score (nSPS) is 16.9. The molecule has 3 nitrogen and oxygen atoms in total. The maximum absolute atomic E-state index is 12.7. The highest BCUT2D eigenvalue weighted by Crippen LogP contribution is 2.25. The van der Waals surface area contributed by atoms with E-state index in [0.29, 0.717) is 5.92 Å². The fourth-order valence-electron chi connectivity index (χ4n) is 3.09. The van der Waals surface area contributed by atoms with Crippen LogP contribution in [0.25, 0.3) is 10.9 Å². The Morgan fingerprint density at radius 1 is 1.26 bits per heavy atom.